The van der Waals surface area contributed by atoms with Crippen molar-refractivity contribution in [3.05, 3.63) is 35.4 Å². The van der Waals surface area contributed by atoms with Crippen molar-refractivity contribution in [3.63, 3.8) is 0 Å². The van der Waals surface area contributed by atoms with E-state index < -0.39 is 11.6 Å². The second kappa shape index (κ2) is 5.81. The zero-order chi connectivity index (χ0) is 11.3. The predicted octanol–water partition coefficient (Wildman–Crippen LogP) is 3.07. The van der Waals surface area contributed by atoms with Gasteiger partial charge in [-0.15, -0.1) is 0 Å². The Kier molecular flexibility index (Phi) is 4.69. The minimum atomic E-state index is -0.761. The highest BCUT2D eigenvalue weighted by atomic mass is 19.2. The molecule has 0 heterocycles. The van der Waals surface area contributed by atoms with Crippen LogP contribution in [0.1, 0.15) is 31.7 Å². The van der Waals surface area contributed by atoms with Gasteiger partial charge in [0.25, 0.3) is 0 Å². The third-order valence-electron chi connectivity index (χ3n) is 2.52. The van der Waals surface area contributed by atoms with E-state index in [1.54, 1.807) is 12.1 Å². The van der Waals surface area contributed by atoms with Crippen molar-refractivity contribution in [3.8, 4) is 0 Å². The molecule has 0 spiro atoms. The minimum absolute atomic E-state index is 0.0414. The Morgan fingerprint density at radius 3 is 2.73 bits per heavy atom. The Balaban J connectivity index is 2.65. The lowest BCUT2D eigenvalue weighted by Crippen LogP contribution is -2.16. The van der Waals surface area contributed by atoms with Crippen LogP contribution in [0.3, 0.4) is 0 Å². The molecule has 0 saturated carbocycles. The fraction of sp³-hybridized carbons (Fsp3) is 0.500. The van der Waals surface area contributed by atoms with Crippen LogP contribution in [-0.2, 0) is 0 Å². The summed E-state index contributed by atoms with van der Waals surface area (Å²) in [6, 6.07) is 4.35. The molecule has 0 fully saturated rings. The van der Waals surface area contributed by atoms with E-state index in [-0.39, 0.29) is 5.92 Å². The van der Waals surface area contributed by atoms with Crippen LogP contribution in [0.4, 0.5) is 8.78 Å². The molecule has 0 aliphatic carbocycles. The van der Waals surface area contributed by atoms with Crippen LogP contribution < -0.4 is 5.32 Å². The lowest BCUT2D eigenvalue weighted by atomic mass is 9.97. The molecule has 15 heavy (non-hydrogen) atoms. The molecular formula is C12H17F2N. The van der Waals surface area contributed by atoms with Gasteiger partial charge in [-0.2, -0.15) is 0 Å². The van der Waals surface area contributed by atoms with E-state index in [9.17, 15) is 8.78 Å². The molecule has 1 aromatic rings. The summed E-state index contributed by atoms with van der Waals surface area (Å²) in [4.78, 5) is 0. The number of hydrogen-bond donors (Lipinski definition) is 1. The highest BCUT2D eigenvalue weighted by molar-refractivity contribution is 5.22. The molecule has 0 aliphatic heterocycles. The Morgan fingerprint density at radius 1 is 1.33 bits per heavy atom. The van der Waals surface area contributed by atoms with Gasteiger partial charge in [-0.1, -0.05) is 26.0 Å². The SMILES string of the molecule is CCNCCC(C)c1cccc(F)c1F. The molecule has 0 aliphatic rings. The van der Waals surface area contributed by atoms with Gasteiger partial charge in [0.15, 0.2) is 11.6 Å². The third kappa shape index (κ3) is 3.27. The molecule has 0 bridgehead atoms. The second-order valence-electron chi connectivity index (χ2n) is 3.69. The van der Waals surface area contributed by atoms with Gasteiger partial charge in [-0.05, 0) is 37.1 Å². The van der Waals surface area contributed by atoms with Crippen molar-refractivity contribution in [2.45, 2.75) is 26.2 Å². The Morgan fingerprint density at radius 2 is 2.07 bits per heavy atom. The van der Waals surface area contributed by atoms with E-state index >= 15 is 0 Å². The normalized spacial score (nSPS) is 12.8. The first-order valence-electron chi connectivity index (χ1n) is 5.31. The summed E-state index contributed by atoms with van der Waals surface area (Å²) in [6.45, 7) is 5.66. The van der Waals surface area contributed by atoms with Crippen molar-refractivity contribution in [2.75, 3.05) is 13.1 Å². The standard InChI is InChI=1S/C12H17F2N/c1-3-15-8-7-9(2)10-5-4-6-11(13)12(10)14/h4-6,9,15H,3,7-8H2,1-2H3. The van der Waals surface area contributed by atoms with Crippen LogP contribution >= 0.6 is 0 Å². The minimum Gasteiger partial charge on any atom is -0.317 e. The zero-order valence-corrected chi connectivity index (χ0v) is 9.19. The summed E-state index contributed by atoms with van der Waals surface area (Å²) in [5.74, 6) is -1.43. The molecule has 84 valence electrons. The maximum absolute atomic E-state index is 13.4. The molecular weight excluding hydrogens is 196 g/mol. The van der Waals surface area contributed by atoms with Crippen LogP contribution in [0.5, 0.6) is 0 Å². The Hall–Kier alpha value is -0.960. The molecule has 1 rings (SSSR count). The molecule has 0 amide bonds. The van der Waals surface area contributed by atoms with Crippen LogP contribution in [0.15, 0.2) is 18.2 Å². The average Bonchev–Trinajstić information content (AvgIpc) is 2.22. The molecule has 1 atom stereocenters. The van der Waals surface area contributed by atoms with Gasteiger partial charge in [-0.3, -0.25) is 0 Å². The van der Waals surface area contributed by atoms with Crippen molar-refractivity contribution >= 4 is 0 Å². The first-order valence-corrected chi connectivity index (χ1v) is 5.31. The summed E-state index contributed by atoms with van der Waals surface area (Å²) >= 11 is 0. The highest BCUT2D eigenvalue weighted by Crippen LogP contribution is 2.23. The molecule has 0 aromatic heterocycles. The summed E-state index contributed by atoms with van der Waals surface area (Å²) in [6.07, 6.45) is 0.814. The molecule has 1 nitrogen and oxygen atoms in total. The van der Waals surface area contributed by atoms with Crippen molar-refractivity contribution in [1.82, 2.24) is 5.32 Å². The van der Waals surface area contributed by atoms with Crippen molar-refractivity contribution in [1.29, 1.82) is 0 Å². The number of benzene rings is 1. The largest absolute Gasteiger partial charge is 0.317 e. The Bertz CT molecular complexity index is 312. The lowest BCUT2D eigenvalue weighted by molar-refractivity contribution is 0.484. The summed E-state index contributed by atoms with van der Waals surface area (Å²) in [5, 5.41) is 3.17. The summed E-state index contributed by atoms with van der Waals surface area (Å²) in [5.41, 5.74) is 0.466. The molecule has 1 N–H and O–H groups in total. The van der Waals surface area contributed by atoms with Gasteiger partial charge in [0.2, 0.25) is 0 Å². The average molecular weight is 213 g/mol. The van der Waals surface area contributed by atoms with Gasteiger partial charge in [-0.25, -0.2) is 8.78 Å². The van der Waals surface area contributed by atoms with E-state index in [0.29, 0.717) is 5.56 Å². The highest BCUT2D eigenvalue weighted by Gasteiger charge is 2.13. The smallest absolute Gasteiger partial charge is 0.162 e. The fourth-order valence-electron chi connectivity index (χ4n) is 1.55. The monoisotopic (exact) mass is 213 g/mol. The number of hydrogen-bond acceptors (Lipinski definition) is 1. The van der Waals surface area contributed by atoms with Crippen LogP contribution in [0.2, 0.25) is 0 Å². The molecule has 0 saturated heterocycles. The summed E-state index contributed by atoms with van der Waals surface area (Å²) < 4.78 is 26.3. The van der Waals surface area contributed by atoms with Gasteiger partial charge in [0.05, 0.1) is 0 Å². The van der Waals surface area contributed by atoms with E-state index in [0.717, 1.165) is 25.6 Å². The van der Waals surface area contributed by atoms with E-state index in [1.165, 1.54) is 0 Å². The van der Waals surface area contributed by atoms with E-state index in [1.807, 2.05) is 13.8 Å². The van der Waals surface area contributed by atoms with Gasteiger partial charge in [0.1, 0.15) is 0 Å². The van der Waals surface area contributed by atoms with Gasteiger partial charge in [0, 0.05) is 0 Å². The van der Waals surface area contributed by atoms with Crippen molar-refractivity contribution < 1.29 is 8.78 Å². The Labute approximate surface area is 89.5 Å². The van der Waals surface area contributed by atoms with E-state index in [2.05, 4.69) is 5.32 Å². The predicted molar refractivity (Wildman–Crippen MR) is 57.9 cm³/mol. The lowest BCUT2D eigenvalue weighted by Gasteiger charge is -2.13. The van der Waals surface area contributed by atoms with Crippen LogP contribution in [0.25, 0.3) is 0 Å². The quantitative estimate of drug-likeness (QED) is 0.741. The molecule has 1 unspecified atom stereocenters. The molecule has 1 aromatic carbocycles. The zero-order valence-electron chi connectivity index (χ0n) is 9.19. The van der Waals surface area contributed by atoms with Crippen molar-refractivity contribution in [2.24, 2.45) is 0 Å². The summed E-state index contributed by atoms with van der Waals surface area (Å²) in [7, 11) is 0. The number of halogens is 2. The number of nitrogens with one attached hydrogen (secondary N) is 1. The fourth-order valence-corrected chi connectivity index (χ4v) is 1.55. The van der Waals surface area contributed by atoms with Gasteiger partial charge >= 0.3 is 0 Å². The maximum atomic E-state index is 13.4. The van der Waals surface area contributed by atoms with Crippen LogP contribution in [0, 0.1) is 11.6 Å². The topological polar surface area (TPSA) is 12.0 Å². The third-order valence-corrected chi connectivity index (χ3v) is 2.52. The first kappa shape index (κ1) is 12.1. The van der Waals surface area contributed by atoms with Gasteiger partial charge < -0.3 is 5.32 Å². The van der Waals surface area contributed by atoms with Crippen LogP contribution in [-0.4, -0.2) is 13.1 Å². The molecule has 0 radical (unpaired) electrons. The first-order chi connectivity index (χ1) is 7.16. The number of rotatable bonds is 5. The molecule has 3 heteroatoms. The van der Waals surface area contributed by atoms with E-state index in [4.69, 9.17) is 0 Å². The maximum Gasteiger partial charge on any atom is 0.162 e. The second-order valence-corrected chi connectivity index (χ2v) is 3.69.